The van der Waals surface area contributed by atoms with Gasteiger partial charge < -0.3 is 0 Å². The third kappa shape index (κ3) is 1.53. The molecule has 104 valence electrons. The molecule has 0 amide bonds. The molecular weight excluding hydrogens is 256 g/mol. The maximum absolute atomic E-state index is 4.75. The molecular formula is C19H18N2. The summed E-state index contributed by atoms with van der Waals surface area (Å²) in [5, 5.41) is 2.62. The zero-order valence-electron chi connectivity index (χ0n) is 12.9. The summed E-state index contributed by atoms with van der Waals surface area (Å²) in [4.78, 5) is 9.34. The smallest absolute Gasteiger partial charge is 0.126 e. The van der Waals surface area contributed by atoms with E-state index in [9.17, 15) is 0 Å². The third-order valence-corrected chi connectivity index (χ3v) is 4.64. The monoisotopic (exact) mass is 274 g/mol. The van der Waals surface area contributed by atoms with Crippen LogP contribution in [0, 0.1) is 13.8 Å². The minimum absolute atomic E-state index is 0.0523. The average Bonchev–Trinajstić information content (AvgIpc) is 2.67. The Hall–Kier alpha value is -2.22. The first-order chi connectivity index (χ1) is 10.00. The fourth-order valence-electron chi connectivity index (χ4n) is 3.92. The van der Waals surface area contributed by atoms with Crippen LogP contribution in [0.3, 0.4) is 0 Å². The van der Waals surface area contributed by atoms with Crippen LogP contribution in [0.1, 0.15) is 36.5 Å². The lowest BCUT2D eigenvalue weighted by Gasteiger charge is -2.23. The van der Waals surface area contributed by atoms with Gasteiger partial charge in [-0.1, -0.05) is 50.2 Å². The molecule has 0 spiro atoms. The fraction of sp³-hybridized carbons (Fsp3) is 0.263. The highest BCUT2D eigenvalue weighted by Gasteiger charge is 2.39. The van der Waals surface area contributed by atoms with Gasteiger partial charge in [0, 0.05) is 22.2 Å². The predicted molar refractivity (Wildman–Crippen MR) is 86.6 cm³/mol. The molecule has 1 heterocycles. The molecule has 0 fully saturated rings. The summed E-state index contributed by atoms with van der Waals surface area (Å²) in [5.74, 6) is 0.850. The zero-order chi connectivity index (χ0) is 14.8. The van der Waals surface area contributed by atoms with Crippen molar-refractivity contribution >= 4 is 10.8 Å². The first kappa shape index (κ1) is 12.5. The number of hydrogen-bond donors (Lipinski definition) is 0. The standard InChI is InChI=1S/C19H18N2/c1-11-16-18(21-12(2)20-11)15-10-9-13-7-5-6-8-14(13)17(15)19(16,3)4/h5-10H,1-4H3. The van der Waals surface area contributed by atoms with Crippen molar-refractivity contribution in [3.05, 3.63) is 59.0 Å². The number of nitrogens with zero attached hydrogens (tertiary/aromatic N) is 2. The molecule has 2 heteroatoms. The second-order valence-electron chi connectivity index (χ2n) is 6.41. The van der Waals surface area contributed by atoms with Crippen molar-refractivity contribution in [3.63, 3.8) is 0 Å². The number of hydrogen-bond acceptors (Lipinski definition) is 2. The van der Waals surface area contributed by atoms with Crippen molar-refractivity contribution in [1.82, 2.24) is 9.97 Å². The molecule has 0 aliphatic heterocycles. The van der Waals surface area contributed by atoms with Gasteiger partial charge in [0.1, 0.15) is 5.82 Å². The van der Waals surface area contributed by atoms with Crippen LogP contribution in [0.15, 0.2) is 36.4 Å². The Kier molecular flexibility index (Phi) is 2.33. The second-order valence-corrected chi connectivity index (χ2v) is 6.41. The van der Waals surface area contributed by atoms with E-state index in [0.29, 0.717) is 0 Å². The van der Waals surface area contributed by atoms with Gasteiger partial charge in [-0.3, -0.25) is 0 Å². The average molecular weight is 274 g/mol. The first-order valence-electron chi connectivity index (χ1n) is 7.38. The minimum atomic E-state index is -0.0523. The molecule has 0 bridgehead atoms. The van der Waals surface area contributed by atoms with E-state index in [4.69, 9.17) is 4.98 Å². The van der Waals surface area contributed by atoms with E-state index in [2.05, 4.69) is 62.2 Å². The lowest BCUT2D eigenvalue weighted by atomic mass is 9.80. The van der Waals surface area contributed by atoms with E-state index in [1.54, 1.807) is 0 Å². The maximum Gasteiger partial charge on any atom is 0.126 e. The van der Waals surface area contributed by atoms with E-state index in [1.165, 1.54) is 27.5 Å². The van der Waals surface area contributed by atoms with Crippen LogP contribution in [0.5, 0.6) is 0 Å². The predicted octanol–water partition coefficient (Wildman–Crippen LogP) is 4.55. The van der Waals surface area contributed by atoms with Crippen molar-refractivity contribution in [2.75, 3.05) is 0 Å². The molecule has 3 aromatic rings. The molecule has 21 heavy (non-hydrogen) atoms. The highest BCUT2D eigenvalue weighted by atomic mass is 14.9. The first-order valence-corrected chi connectivity index (χ1v) is 7.38. The molecule has 1 aliphatic rings. The fourth-order valence-corrected chi connectivity index (χ4v) is 3.92. The van der Waals surface area contributed by atoms with Crippen LogP contribution < -0.4 is 0 Å². The lowest BCUT2D eigenvalue weighted by Crippen LogP contribution is -2.18. The van der Waals surface area contributed by atoms with Gasteiger partial charge >= 0.3 is 0 Å². The summed E-state index contributed by atoms with van der Waals surface area (Å²) in [6.07, 6.45) is 0. The molecule has 1 aromatic heterocycles. The minimum Gasteiger partial charge on any atom is -0.238 e. The number of aryl methyl sites for hydroxylation is 2. The van der Waals surface area contributed by atoms with Crippen LogP contribution >= 0.6 is 0 Å². The Morgan fingerprint density at radius 1 is 0.857 bits per heavy atom. The second kappa shape index (κ2) is 3.91. The molecule has 4 rings (SSSR count). The van der Waals surface area contributed by atoms with Crippen molar-refractivity contribution in [3.8, 4) is 11.3 Å². The molecule has 1 aliphatic carbocycles. The summed E-state index contributed by atoms with van der Waals surface area (Å²) in [5.41, 5.74) is 6.09. The van der Waals surface area contributed by atoms with Gasteiger partial charge in [0.15, 0.2) is 0 Å². The van der Waals surface area contributed by atoms with Crippen LogP contribution in [-0.2, 0) is 5.41 Å². The molecule has 2 aromatic carbocycles. The molecule has 0 unspecified atom stereocenters. The molecule has 0 atom stereocenters. The van der Waals surface area contributed by atoms with Gasteiger partial charge in [0.25, 0.3) is 0 Å². The van der Waals surface area contributed by atoms with Crippen LogP contribution in [0.2, 0.25) is 0 Å². The summed E-state index contributed by atoms with van der Waals surface area (Å²) in [7, 11) is 0. The number of aromatic nitrogens is 2. The Morgan fingerprint density at radius 3 is 2.43 bits per heavy atom. The lowest BCUT2D eigenvalue weighted by molar-refractivity contribution is 0.652. The number of fused-ring (bicyclic) bond motifs is 5. The SMILES string of the molecule is Cc1nc(C)c2c(n1)-c1ccc3ccccc3c1C2(C)C. The topological polar surface area (TPSA) is 25.8 Å². The van der Waals surface area contributed by atoms with Crippen molar-refractivity contribution in [2.45, 2.75) is 33.1 Å². The highest BCUT2D eigenvalue weighted by molar-refractivity contribution is 5.96. The summed E-state index contributed by atoms with van der Waals surface area (Å²) in [6, 6.07) is 13.0. The zero-order valence-corrected chi connectivity index (χ0v) is 12.9. The number of benzene rings is 2. The molecule has 0 radical (unpaired) electrons. The third-order valence-electron chi connectivity index (χ3n) is 4.64. The largest absolute Gasteiger partial charge is 0.238 e. The van der Waals surface area contributed by atoms with Gasteiger partial charge in [-0.15, -0.1) is 0 Å². The quantitative estimate of drug-likeness (QED) is 0.601. The van der Waals surface area contributed by atoms with Crippen LogP contribution in [0.4, 0.5) is 0 Å². The van der Waals surface area contributed by atoms with E-state index < -0.39 is 0 Å². The van der Waals surface area contributed by atoms with Gasteiger partial charge in [0.2, 0.25) is 0 Å². The molecule has 0 saturated heterocycles. The van der Waals surface area contributed by atoms with Gasteiger partial charge in [-0.25, -0.2) is 9.97 Å². The summed E-state index contributed by atoms with van der Waals surface area (Å²) < 4.78 is 0. The Morgan fingerprint density at radius 2 is 1.62 bits per heavy atom. The van der Waals surface area contributed by atoms with E-state index >= 15 is 0 Å². The highest BCUT2D eigenvalue weighted by Crippen LogP contribution is 2.51. The summed E-state index contributed by atoms with van der Waals surface area (Å²) >= 11 is 0. The molecule has 0 saturated carbocycles. The Labute approximate surface area is 124 Å². The molecule has 2 nitrogen and oxygen atoms in total. The van der Waals surface area contributed by atoms with Crippen molar-refractivity contribution in [1.29, 1.82) is 0 Å². The van der Waals surface area contributed by atoms with E-state index in [1.807, 2.05) is 6.92 Å². The van der Waals surface area contributed by atoms with Crippen LogP contribution in [0.25, 0.3) is 22.0 Å². The summed E-state index contributed by atoms with van der Waals surface area (Å²) in [6.45, 7) is 8.65. The Bertz CT molecular complexity index is 891. The van der Waals surface area contributed by atoms with Crippen molar-refractivity contribution < 1.29 is 0 Å². The maximum atomic E-state index is 4.75. The van der Waals surface area contributed by atoms with Crippen LogP contribution in [-0.4, -0.2) is 9.97 Å². The Balaban J connectivity index is 2.20. The van der Waals surface area contributed by atoms with Gasteiger partial charge in [-0.05, 0) is 30.2 Å². The number of rotatable bonds is 0. The van der Waals surface area contributed by atoms with Crippen molar-refractivity contribution in [2.24, 2.45) is 0 Å². The van der Waals surface area contributed by atoms with E-state index in [0.717, 1.165) is 17.2 Å². The van der Waals surface area contributed by atoms with Gasteiger partial charge in [0.05, 0.1) is 5.69 Å². The normalized spacial score (nSPS) is 15.0. The molecule has 0 N–H and O–H groups in total. The van der Waals surface area contributed by atoms with Gasteiger partial charge in [-0.2, -0.15) is 0 Å². The van der Waals surface area contributed by atoms with E-state index in [-0.39, 0.29) is 5.41 Å².